The van der Waals surface area contributed by atoms with Crippen LogP contribution in [0, 0.1) is 5.82 Å². The fraction of sp³-hybridized carbons (Fsp3) is 0.417. The Morgan fingerprint density at radius 2 is 2.29 bits per heavy atom. The maximum atomic E-state index is 13.0. The molecule has 0 radical (unpaired) electrons. The lowest BCUT2D eigenvalue weighted by molar-refractivity contribution is 0.620. The van der Waals surface area contributed by atoms with Gasteiger partial charge in [0, 0.05) is 12.6 Å². The summed E-state index contributed by atoms with van der Waals surface area (Å²) in [6, 6.07) is 5.52. The van der Waals surface area contributed by atoms with E-state index in [4.69, 9.17) is 5.73 Å². The van der Waals surface area contributed by atoms with Gasteiger partial charge in [0.15, 0.2) is 5.96 Å². The SMILES string of the molecule is NC(=NCCc1ccc(F)c(Br)c1)NC1CC1. The lowest BCUT2D eigenvalue weighted by Crippen LogP contribution is -2.33. The zero-order chi connectivity index (χ0) is 12.3. The lowest BCUT2D eigenvalue weighted by atomic mass is 10.1. The van der Waals surface area contributed by atoms with E-state index in [1.54, 1.807) is 12.1 Å². The van der Waals surface area contributed by atoms with Crippen molar-refractivity contribution in [3.8, 4) is 0 Å². The minimum Gasteiger partial charge on any atom is -0.370 e. The van der Waals surface area contributed by atoms with Crippen LogP contribution >= 0.6 is 15.9 Å². The Labute approximate surface area is 108 Å². The number of aliphatic imine (C=N–C) groups is 1. The summed E-state index contributed by atoms with van der Waals surface area (Å²) < 4.78 is 13.5. The lowest BCUT2D eigenvalue weighted by Gasteiger charge is -2.04. The van der Waals surface area contributed by atoms with Gasteiger partial charge in [0.25, 0.3) is 0 Å². The molecular formula is C12H15BrFN3. The molecule has 1 aliphatic carbocycles. The van der Waals surface area contributed by atoms with Gasteiger partial charge in [-0.15, -0.1) is 0 Å². The second-order valence-corrected chi connectivity index (χ2v) is 5.04. The van der Waals surface area contributed by atoms with Gasteiger partial charge in [0.1, 0.15) is 5.82 Å². The van der Waals surface area contributed by atoms with Gasteiger partial charge in [-0.2, -0.15) is 0 Å². The second kappa shape index (κ2) is 5.49. The molecule has 3 N–H and O–H groups in total. The van der Waals surface area contributed by atoms with Crippen LogP contribution in [-0.2, 0) is 6.42 Å². The van der Waals surface area contributed by atoms with Crippen LogP contribution < -0.4 is 11.1 Å². The highest BCUT2D eigenvalue weighted by Crippen LogP contribution is 2.18. The van der Waals surface area contributed by atoms with Gasteiger partial charge >= 0.3 is 0 Å². The first-order chi connectivity index (χ1) is 8.15. The van der Waals surface area contributed by atoms with Crippen molar-refractivity contribution < 1.29 is 4.39 Å². The zero-order valence-electron chi connectivity index (χ0n) is 9.42. The number of nitrogens with two attached hydrogens (primary N) is 1. The molecule has 0 atom stereocenters. The number of rotatable bonds is 4. The van der Waals surface area contributed by atoms with E-state index in [9.17, 15) is 4.39 Å². The van der Waals surface area contributed by atoms with Crippen LogP contribution in [0.15, 0.2) is 27.7 Å². The molecule has 0 spiro atoms. The molecular weight excluding hydrogens is 285 g/mol. The van der Waals surface area contributed by atoms with Gasteiger partial charge in [0.2, 0.25) is 0 Å². The molecule has 0 saturated heterocycles. The highest BCUT2D eigenvalue weighted by molar-refractivity contribution is 9.10. The molecule has 1 aliphatic rings. The third kappa shape index (κ3) is 4.00. The maximum absolute atomic E-state index is 13.0. The van der Waals surface area contributed by atoms with E-state index in [2.05, 4.69) is 26.2 Å². The Hall–Kier alpha value is -1.10. The Morgan fingerprint density at radius 3 is 2.94 bits per heavy atom. The van der Waals surface area contributed by atoms with Gasteiger partial charge in [-0.25, -0.2) is 4.39 Å². The fourth-order valence-electron chi connectivity index (χ4n) is 1.48. The van der Waals surface area contributed by atoms with Gasteiger partial charge < -0.3 is 11.1 Å². The van der Waals surface area contributed by atoms with Crippen LogP contribution in [0.25, 0.3) is 0 Å². The van der Waals surface area contributed by atoms with E-state index >= 15 is 0 Å². The fourth-order valence-corrected chi connectivity index (χ4v) is 1.91. The molecule has 1 aromatic carbocycles. The van der Waals surface area contributed by atoms with Crippen molar-refractivity contribution in [3.05, 3.63) is 34.1 Å². The Bertz CT molecular complexity index is 430. The van der Waals surface area contributed by atoms with Crippen molar-refractivity contribution in [2.24, 2.45) is 10.7 Å². The van der Waals surface area contributed by atoms with Crippen LogP contribution in [0.5, 0.6) is 0 Å². The molecule has 92 valence electrons. The summed E-state index contributed by atoms with van der Waals surface area (Å²) >= 11 is 3.16. The number of hydrogen-bond donors (Lipinski definition) is 2. The van der Waals surface area contributed by atoms with Crippen molar-refractivity contribution >= 4 is 21.9 Å². The summed E-state index contributed by atoms with van der Waals surface area (Å²) in [5, 5.41) is 3.12. The number of halogens is 2. The van der Waals surface area contributed by atoms with Crippen molar-refractivity contribution in [1.82, 2.24) is 5.32 Å². The summed E-state index contributed by atoms with van der Waals surface area (Å²) in [7, 11) is 0. The molecule has 17 heavy (non-hydrogen) atoms. The largest absolute Gasteiger partial charge is 0.370 e. The Morgan fingerprint density at radius 1 is 1.53 bits per heavy atom. The van der Waals surface area contributed by atoms with E-state index in [0.29, 0.717) is 23.0 Å². The monoisotopic (exact) mass is 299 g/mol. The summed E-state index contributed by atoms with van der Waals surface area (Å²) in [5.41, 5.74) is 6.75. The summed E-state index contributed by atoms with van der Waals surface area (Å²) in [6.07, 6.45) is 3.12. The molecule has 1 saturated carbocycles. The van der Waals surface area contributed by atoms with E-state index in [1.165, 1.54) is 18.9 Å². The molecule has 0 amide bonds. The van der Waals surface area contributed by atoms with Gasteiger partial charge in [-0.3, -0.25) is 4.99 Å². The van der Waals surface area contributed by atoms with Crippen molar-refractivity contribution in [2.75, 3.05) is 6.54 Å². The minimum absolute atomic E-state index is 0.243. The first-order valence-corrected chi connectivity index (χ1v) is 6.45. The molecule has 0 aromatic heterocycles. The predicted octanol–water partition coefficient (Wildman–Crippen LogP) is 2.20. The van der Waals surface area contributed by atoms with Crippen molar-refractivity contribution in [3.63, 3.8) is 0 Å². The first kappa shape index (κ1) is 12.4. The van der Waals surface area contributed by atoms with E-state index < -0.39 is 0 Å². The standard InChI is InChI=1S/C12H15BrFN3/c13-10-7-8(1-4-11(10)14)5-6-16-12(15)17-9-2-3-9/h1,4,7,9H,2-3,5-6H2,(H3,15,16,17). The quantitative estimate of drug-likeness (QED) is 0.661. The first-order valence-electron chi connectivity index (χ1n) is 5.65. The van der Waals surface area contributed by atoms with Crippen LogP contribution in [0.2, 0.25) is 0 Å². The molecule has 0 bridgehead atoms. The average Bonchev–Trinajstić information content (AvgIpc) is 3.07. The molecule has 3 nitrogen and oxygen atoms in total. The Kier molecular flexibility index (Phi) is 3.99. The molecule has 1 aromatic rings. The maximum Gasteiger partial charge on any atom is 0.188 e. The predicted molar refractivity (Wildman–Crippen MR) is 70.5 cm³/mol. The highest BCUT2D eigenvalue weighted by atomic mass is 79.9. The normalized spacial score (nSPS) is 16.0. The molecule has 0 aliphatic heterocycles. The number of nitrogens with one attached hydrogen (secondary N) is 1. The Balaban J connectivity index is 1.82. The smallest absolute Gasteiger partial charge is 0.188 e. The van der Waals surface area contributed by atoms with E-state index in [-0.39, 0.29) is 5.82 Å². The topological polar surface area (TPSA) is 50.4 Å². The highest BCUT2D eigenvalue weighted by Gasteiger charge is 2.21. The number of hydrogen-bond acceptors (Lipinski definition) is 1. The molecule has 2 rings (SSSR count). The van der Waals surface area contributed by atoms with Gasteiger partial charge in [-0.1, -0.05) is 6.07 Å². The zero-order valence-corrected chi connectivity index (χ0v) is 11.0. The third-order valence-corrected chi connectivity index (χ3v) is 3.20. The number of nitrogens with zero attached hydrogens (tertiary/aromatic N) is 1. The van der Waals surface area contributed by atoms with E-state index in [0.717, 1.165) is 12.0 Å². The van der Waals surface area contributed by atoms with Crippen LogP contribution in [-0.4, -0.2) is 18.5 Å². The minimum atomic E-state index is -0.243. The van der Waals surface area contributed by atoms with Crippen molar-refractivity contribution in [1.29, 1.82) is 0 Å². The van der Waals surface area contributed by atoms with Crippen LogP contribution in [0.1, 0.15) is 18.4 Å². The van der Waals surface area contributed by atoms with Crippen molar-refractivity contribution in [2.45, 2.75) is 25.3 Å². The summed E-state index contributed by atoms with van der Waals surface area (Å²) in [5.74, 6) is 0.265. The second-order valence-electron chi connectivity index (χ2n) is 4.18. The number of benzene rings is 1. The average molecular weight is 300 g/mol. The summed E-state index contributed by atoms with van der Waals surface area (Å²) in [6.45, 7) is 0.615. The van der Waals surface area contributed by atoms with Crippen LogP contribution in [0.3, 0.4) is 0 Å². The number of guanidine groups is 1. The molecule has 1 fully saturated rings. The van der Waals surface area contributed by atoms with Gasteiger partial charge in [-0.05, 0) is 52.9 Å². The third-order valence-electron chi connectivity index (χ3n) is 2.60. The van der Waals surface area contributed by atoms with E-state index in [1.807, 2.05) is 0 Å². The van der Waals surface area contributed by atoms with Gasteiger partial charge in [0.05, 0.1) is 4.47 Å². The molecule has 0 unspecified atom stereocenters. The molecule has 5 heteroatoms. The van der Waals surface area contributed by atoms with Crippen LogP contribution in [0.4, 0.5) is 4.39 Å². The summed E-state index contributed by atoms with van der Waals surface area (Å²) in [4.78, 5) is 4.23. The molecule has 0 heterocycles.